The summed E-state index contributed by atoms with van der Waals surface area (Å²) in [7, 11) is 0. The third-order valence-electron chi connectivity index (χ3n) is 6.29. The van der Waals surface area contributed by atoms with Gasteiger partial charge in [-0.2, -0.15) is 0 Å². The Morgan fingerprint density at radius 1 is 0.926 bits per heavy atom. The molecule has 7 heteroatoms. The van der Waals surface area contributed by atoms with E-state index in [4.69, 9.17) is 0 Å². The number of hydrogen-bond donors (Lipinski definition) is 0. The number of aromatic nitrogens is 4. The molecule has 27 heavy (non-hydrogen) atoms. The van der Waals surface area contributed by atoms with Crippen molar-refractivity contribution in [3.8, 4) is 0 Å². The molecule has 0 aliphatic carbocycles. The number of pyridine rings is 1. The lowest BCUT2D eigenvalue weighted by Gasteiger charge is -2.48. The van der Waals surface area contributed by atoms with Gasteiger partial charge in [0, 0.05) is 64.5 Å². The molecule has 0 spiro atoms. The van der Waals surface area contributed by atoms with Crippen molar-refractivity contribution in [3.63, 3.8) is 0 Å². The molecule has 2 fully saturated rings. The molecule has 0 amide bonds. The van der Waals surface area contributed by atoms with E-state index in [1.807, 2.05) is 12.3 Å². The zero-order chi connectivity index (χ0) is 18.1. The van der Waals surface area contributed by atoms with Gasteiger partial charge in [0.05, 0.1) is 6.54 Å². The van der Waals surface area contributed by atoms with Crippen molar-refractivity contribution in [1.82, 2.24) is 29.5 Å². The number of anilines is 1. The van der Waals surface area contributed by atoms with Crippen molar-refractivity contribution in [1.29, 1.82) is 0 Å². The first-order valence-corrected chi connectivity index (χ1v) is 10.4. The maximum atomic E-state index is 4.49. The molecule has 3 aliphatic heterocycles. The Balaban J connectivity index is 1.11. The highest BCUT2D eigenvalue weighted by Gasteiger charge is 2.34. The third kappa shape index (κ3) is 3.58. The standard InChI is InChI=1S/C20H29N7/c1-2-7-19-22-23-20(27(19)9-5-1)16-24-14-17(15-24)25-10-12-26(13-11-25)18-6-3-4-8-21-18/h3-4,6,8,17H,1-2,5,7,9-16H2. The van der Waals surface area contributed by atoms with Crippen molar-refractivity contribution in [3.05, 3.63) is 36.0 Å². The number of likely N-dealkylation sites (tertiary alicyclic amines) is 1. The molecule has 2 saturated heterocycles. The van der Waals surface area contributed by atoms with Crippen LogP contribution >= 0.6 is 0 Å². The van der Waals surface area contributed by atoms with Gasteiger partial charge in [-0.25, -0.2) is 4.98 Å². The van der Waals surface area contributed by atoms with Crippen LogP contribution in [0.1, 0.15) is 30.9 Å². The quantitative estimate of drug-likeness (QED) is 0.814. The zero-order valence-corrected chi connectivity index (χ0v) is 16.0. The van der Waals surface area contributed by atoms with Gasteiger partial charge in [-0.1, -0.05) is 12.5 Å². The minimum absolute atomic E-state index is 0.697. The van der Waals surface area contributed by atoms with Gasteiger partial charge in [-0.15, -0.1) is 10.2 Å². The van der Waals surface area contributed by atoms with Gasteiger partial charge >= 0.3 is 0 Å². The summed E-state index contributed by atoms with van der Waals surface area (Å²) in [5, 5.41) is 8.93. The average Bonchev–Trinajstić information content (AvgIpc) is 2.91. The van der Waals surface area contributed by atoms with E-state index in [1.54, 1.807) is 0 Å². The van der Waals surface area contributed by atoms with Crippen molar-refractivity contribution in [2.75, 3.05) is 44.2 Å². The van der Waals surface area contributed by atoms with E-state index >= 15 is 0 Å². The Labute approximate surface area is 161 Å². The fourth-order valence-electron chi connectivity index (χ4n) is 4.62. The van der Waals surface area contributed by atoms with Crippen LogP contribution < -0.4 is 4.90 Å². The Hall–Kier alpha value is -1.99. The smallest absolute Gasteiger partial charge is 0.147 e. The largest absolute Gasteiger partial charge is 0.354 e. The second-order valence-corrected chi connectivity index (χ2v) is 8.05. The molecule has 0 N–H and O–H groups in total. The van der Waals surface area contributed by atoms with Crippen LogP contribution in [0.4, 0.5) is 5.82 Å². The maximum absolute atomic E-state index is 4.49. The molecule has 2 aromatic rings. The van der Waals surface area contributed by atoms with Crippen molar-refractivity contribution >= 4 is 5.82 Å². The lowest BCUT2D eigenvalue weighted by molar-refractivity contribution is 0.0233. The van der Waals surface area contributed by atoms with E-state index in [9.17, 15) is 0 Å². The summed E-state index contributed by atoms with van der Waals surface area (Å²) >= 11 is 0. The molecule has 7 nitrogen and oxygen atoms in total. The summed E-state index contributed by atoms with van der Waals surface area (Å²) in [4.78, 5) is 12.1. The first-order chi connectivity index (χ1) is 13.4. The molecule has 0 unspecified atom stereocenters. The van der Waals surface area contributed by atoms with Crippen molar-refractivity contribution < 1.29 is 0 Å². The molecule has 5 heterocycles. The summed E-state index contributed by atoms with van der Waals surface area (Å²) < 4.78 is 2.38. The highest BCUT2D eigenvalue weighted by atomic mass is 15.4. The predicted octanol–water partition coefficient (Wildman–Crippen LogP) is 1.41. The van der Waals surface area contributed by atoms with Crippen molar-refractivity contribution in [2.45, 2.75) is 44.8 Å². The fraction of sp³-hybridized carbons (Fsp3) is 0.650. The fourth-order valence-corrected chi connectivity index (χ4v) is 4.62. The molecule has 0 radical (unpaired) electrons. The summed E-state index contributed by atoms with van der Waals surface area (Å²) in [6.45, 7) is 8.79. The molecule has 0 saturated carbocycles. The second-order valence-electron chi connectivity index (χ2n) is 8.05. The average molecular weight is 368 g/mol. The molecule has 0 bridgehead atoms. The van der Waals surface area contributed by atoms with Gasteiger partial charge in [0.15, 0.2) is 0 Å². The van der Waals surface area contributed by atoms with E-state index in [0.717, 1.165) is 64.6 Å². The predicted molar refractivity (Wildman–Crippen MR) is 105 cm³/mol. The van der Waals surface area contributed by atoms with E-state index in [-0.39, 0.29) is 0 Å². The normalized spacial score (nSPS) is 22.3. The molecule has 2 aromatic heterocycles. The number of aryl methyl sites for hydroxylation is 1. The lowest BCUT2D eigenvalue weighted by Crippen LogP contribution is -2.62. The summed E-state index contributed by atoms with van der Waals surface area (Å²) in [5.41, 5.74) is 0. The van der Waals surface area contributed by atoms with Gasteiger partial charge in [-0.3, -0.25) is 9.80 Å². The van der Waals surface area contributed by atoms with Crippen molar-refractivity contribution in [2.24, 2.45) is 0 Å². The Morgan fingerprint density at radius 2 is 1.81 bits per heavy atom. The van der Waals surface area contributed by atoms with Crippen LogP contribution in [0.5, 0.6) is 0 Å². The zero-order valence-electron chi connectivity index (χ0n) is 16.0. The van der Waals surface area contributed by atoms with Crippen LogP contribution in [-0.2, 0) is 19.5 Å². The number of nitrogens with zero attached hydrogens (tertiary/aromatic N) is 7. The molecular formula is C20H29N7. The number of piperazine rings is 1. The third-order valence-corrected chi connectivity index (χ3v) is 6.29. The van der Waals surface area contributed by atoms with E-state index in [0.29, 0.717) is 6.04 Å². The van der Waals surface area contributed by atoms with Gasteiger partial charge in [0.1, 0.15) is 17.5 Å². The Bertz CT molecular complexity index is 745. The minimum atomic E-state index is 0.697. The van der Waals surface area contributed by atoms with Crippen LogP contribution in [0.15, 0.2) is 24.4 Å². The van der Waals surface area contributed by atoms with Gasteiger partial charge < -0.3 is 9.47 Å². The summed E-state index contributed by atoms with van der Waals surface area (Å²) in [5.74, 6) is 3.48. The number of hydrogen-bond acceptors (Lipinski definition) is 6. The Kier molecular flexibility index (Phi) is 4.80. The molecule has 0 aromatic carbocycles. The molecule has 0 atom stereocenters. The van der Waals surface area contributed by atoms with Gasteiger partial charge in [0.2, 0.25) is 0 Å². The van der Waals surface area contributed by atoms with E-state index in [2.05, 4.69) is 46.6 Å². The van der Waals surface area contributed by atoms with Gasteiger partial charge in [0.25, 0.3) is 0 Å². The van der Waals surface area contributed by atoms with Gasteiger partial charge in [-0.05, 0) is 25.0 Å². The molecule has 5 rings (SSSR count). The first kappa shape index (κ1) is 17.1. The number of fused-ring (bicyclic) bond motifs is 1. The minimum Gasteiger partial charge on any atom is -0.354 e. The molecular weight excluding hydrogens is 338 g/mol. The van der Waals surface area contributed by atoms with Crippen LogP contribution in [0.2, 0.25) is 0 Å². The van der Waals surface area contributed by atoms with Crippen LogP contribution in [0.25, 0.3) is 0 Å². The number of rotatable bonds is 4. The van der Waals surface area contributed by atoms with E-state index < -0.39 is 0 Å². The highest BCUT2D eigenvalue weighted by Crippen LogP contribution is 2.22. The summed E-state index contributed by atoms with van der Waals surface area (Å²) in [6.07, 6.45) is 6.82. The second kappa shape index (κ2) is 7.56. The van der Waals surface area contributed by atoms with Crippen LogP contribution in [0.3, 0.4) is 0 Å². The molecule has 3 aliphatic rings. The summed E-state index contributed by atoms with van der Waals surface area (Å²) in [6, 6.07) is 6.87. The lowest BCUT2D eigenvalue weighted by atomic mass is 10.1. The highest BCUT2D eigenvalue weighted by molar-refractivity contribution is 5.38. The topological polar surface area (TPSA) is 53.3 Å². The Morgan fingerprint density at radius 3 is 2.63 bits per heavy atom. The monoisotopic (exact) mass is 367 g/mol. The van der Waals surface area contributed by atoms with E-state index in [1.165, 1.54) is 30.9 Å². The molecule has 144 valence electrons. The first-order valence-electron chi connectivity index (χ1n) is 10.4. The maximum Gasteiger partial charge on any atom is 0.147 e. The van der Waals surface area contributed by atoms with Crippen LogP contribution in [-0.4, -0.2) is 74.9 Å². The van der Waals surface area contributed by atoms with Crippen LogP contribution in [0, 0.1) is 0 Å². The SMILES string of the molecule is c1ccc(N2CCN(C3CN(Cc4nnc5n4CCCCC5)C3)CC2)nc1.